The van der Waals surface area contributed by atoms with Gasteiger partial charge in [0.2, 0.25) is 5.79 Å². The molecule has 9 heteroatoms. The average Bonchev–Trinajstić information content (AvgIpc) is 3.14. The number of aliphatic hydroxyl groups excluding tert-OH is 2. The van der Waals surface area contributed by atoms with Crippen LogP contribution in [0.5, 0.6) is 11.5 Å². The van der Waals surface area contributed by atoms with Gasteiger partial charge in [0.25, 0.3) is 5.91 Å². The van der Waals surface area contributed by atoms with Crippen LogP contribution in [0.3, 0.4) is 0 Å². The minimum Gasteiger partial charge on any atom is -0.508 e. The first kappa shape index (κ1) is 36.6. The number of benzene rings is 3. The van der Waals surface area contributed by atoms with Gasteiger partial charge in [-0.15, -0.1) is 6.58 Å². The molecule has 1 heterocycles. The first-order valence-corrected chi connectivity index (χ1v) is 18.5. The van der Waals surface area contributed by atoms with Crippen LogP contribution in [0.15, 0.2) is 90.1 Å². The van der Waals surface area contributed by atoms with Gasteiger partial charge in [-0.1, -0.05) is 67.4 Å². The molecule has 272 valence electrons. The van der Waals surface area contributed by atoms with E-state index >= 15 is 0 Å². The molecule has 1 saturated carbocycles. The number of ether oxygens (including phenoxy) is 2. The number of aliphatic hydroxyl groups is 2. The molecule has 3 aromatic carbocycles. The summed E-state index contributed by atoms with van der Waals surface area (Å²) >= 11 is 0. The third-order valence-corrected chi connectivity index (χ3v) is 11.0. The number of nitrogens with zero attached hydrogens (tertiary/aromatic N) is 2. The Morgan fingerprint density at radius 3 is 2.53 bits per heavy atom. The molecule has 1 fully saturated rings. The molecule has 6 atom stereocenters. The second-order valence-electron chi connectivity index (χ2n) is 14.0. The van der Waals surface area contributed by atoms with Gasteiger partial charge >= 0.3 is 0 Å². The number of amides is 1. The van der Waals surface area contributed by atoms with E-state index in [9.17, 15) is 20.1 Å². The van der Waals surface area contributed by atoms with Crippen molar-refractivity contribution in [2.75, 3.05) is 33.5 Å². The first-order chi connectivity index (χ1) is 24.9. The zero-order valence-electron chi connectivity index (χ0n) is 29.9. The normalized spacial score (nSPS) is 25.8. The van der Waals surface area contributed by atoms with Crippen LogP contribution < -0.4 is 4.74 Å². The molecule has 3 N–H and O–H groups in total. The average molecular weight is 697 g/mol. The number of unbranched alkanes of at least 4 members (excludes halogenated alkanes) is 2. The zero-order chi connectivity index (χ0) is 36.0. The smallest absolute Gasteiger partial charge is 0.254 e. The van der Waals surface area contributed by atoms with Crippen LogP contribution in [-0.4, -0.2) is 77.1 Å². The Bertz CT molecular complexity index is 1750. The van der Waals surface area contributed by atoms with E-state index in [1.54, 1.807) is 19.3 Å². The van der Waals surface area contributed by atoms with Gasteiger partial charge in [-0.05, 0) is 90.6 Å². The molecular formula is C42H52N2O7. The number of phenols is 1. The number of oxime groups is 1. The SMILES string of the molecule is C=CCOC12Oc3ccc(O)cc3C3C(CCCCO)C(CCCCO)C=C(C(=NOC)CC1N(CCC)C(=O)c1ccc4ccccc4c1)C32. The van der Waals surface area contributed by atoms with Gasteiger partial charge in [0.05, 0.1) is 18.2 Å². The van der Waals surface area contributed by atoms with E-state index < -0.39 is 17.7 Å². The van der Waals surface area contributed by atoms with Crippen molar-refractivity contribution in [3.05, 3.63) is 96.1 Å². The van der Waals surface area contributed by atoms with Crippen molar-refractivity contribution >= 4 is 22.4 Å². The summed E-state index contributed by atoms with van der Waals surface area (Å²) in [6.45, 7) is 6.95. The fourth-order valence-electron chi connectivity index (χ4n) is 8.90. The Labute approximate surface area is 301 Å². The van der Waals surface area contributed by atoms with Crippen LogP contribution in [0.25, 0.3) is 10.8 Å². The highest BCUT2D eigenvalue weighted by molar-refractivity contribution is 6.04. The molecule has 6 rings (SSSR count). The second-order valence-corrected chi connectivity index (χ2v) is 14.0. The van der Waals surface area contributed by atoms with Crippen molar-refractivity contribution in [2.45, 2.75) is 76.0 Å². The summed E-state index contributed by atoms with van der Waals surface area (Å²) in [5, 5.41) is 37.0. The number of allylic oxidation sites excluding steroid dienone is 1. The van der Waals surface area contributed by atoms with Gasteiger partial charge in [0.1, 0.15) is 24.7 Å². The molecule has 1 amide bonds. The lowest BCUT2D eigenvalue weighted by molar-refractivity contribution is -0.254. The number of hydrogen-bond acceptors (Lipinski definition) is 8. The minimum atomic E-state index is -1.33. The van der Waals surface area contributed by atoms with Crippen LogP contribution in [0.4, 0.5) is 0 Å². The van der Waals surface area contributed by atoms with E-state index in [1.807, 2.05) is 59.5 Å². The molecular weight excluding hydrogens is 644 g/mol. The molecule has 1 aliphatic heterocycles. The molecule has 3 aliphatic rings. The van der Waals surface area contributed by atoms with Gasteiger partial charge in [-0.25, -0.2) is 0 Å². The number of phenolic OH excluding ortho intramolecular Hbond substituents is 1. The summed E-state index contributed by atoms with van der Waals surface area (Å²) in [6, 6.07) is 18.5. The topological polar surface area (TPSA) is 121 Å². The maximum Gasteiger partial charge on any atom is 0.254 e. The van der Waals surface area contributed by atoms with Gasteiger partial charge in [-0.3, -0.25) is 4.79 Å². The number of aromatic hydroxyl groups is 1. The molecule has 2 aliphatic carbocycles. The van der Waals surface area contributed by atoms with E-state index in [-0.39, 0.29) is 49.2 Å². The van der Waals surface area contributed by atoms with Crippen molar-refractivity contribution in [3.63, 3.8) is 0 Å². The van der Waals surface area contributed by atoms with Crippen LogP contribution in [0.2, 0.25) is 0 Å². The monoisotopic (exact) mass is 696 g/mol. The maximum absolute atomic E-state index is 14.8. The predicted molar refractivity (Wildman–Crippen MR) is 199 cm³/mol. The number of fused-ring (bicyclic) bond motifs is 3. The molecule has 0 radical (unpaired) electrons. The van der Waals surface area contributed by atoms with Gasteiger partial charge < -0.3 is 34.5 Å². The summed E-state index contributed by atoms with van der Waals surface area (Å²) < 4.78 is 14.1. The Morgan fingerprint density at radius 1 is 1.04 bits per heavy atom. The summed E-state index contributed by atoms with van der Waals surface area (Å²) in [7, 11) is 1.55. The van der Waals surface area contributed by atoms with E-state index in [0.717, 1.165) is 53.3 Å². The highest BCUT2D eigenvalue weighted by Crippen LogP contribution is 2.62. The summed E-state index contributed by atoms with van der Waals surface area (Å²) in [4.78, 5) is 22.3. The van der Waals surface area contributed by atoms with E-state index in [0.29, 0.717) is 43.5 Å². The molecule has 51 heavy (non-hydrogen) atoms. The first-order valence-electron chi connectivity index (χ1n) is 18.5. The summed E-state index contributed by atoms with van der Waals surface area (Å²) in [6.07, 6.45) is 9.83. The number of rotatable bonds is 16. The number of carbonyl (C=O) groups excluding carboxylic acids is 1. The third-order valence-electron chi connectivity index (χ3n) is 11.0. The molecule has 9 nitrogen and oxygen atoms in total. The minimum absolute atomic E-state index is 0.0958. The molecule has 0 saturated heterocycles. The van der Waals surface area contributed by atoms with Crippen molar-refractivity contribution in [2.24, 2.45) is 22.9 Å². The molecule has 6 unspecified atom stereocenters. The highest BCUT2D eigenvalue weighted by Gasteiger charge is 2.65. The lowest BCUT2D eigenvalue weighted by Crippen LogP contribution is -2.70. The van der Waals surface area contributed by atoms with Gasteiger partial charge in [0, 0.05) is 43.2 Å². The van der Waals surface area contributed by atoms with E-state index in [1.165, 1.54) is 0 Å². The predicted octanol–water partition coefficient (Wildman–Crippen LogP) is 7.36. The van der Waals surface area contributed by atoms with Crippen LogP contribution in [-0.2, 0) is 9.57 Å². The Hall–Kier alpha value is -4.18. The molecule has 0 bridgehead atoms. The maximum atomic E-state index is 14.8. The summed E-state index contributed by atoms with van der Waals surface area (Å²) in [5.74, 6) is -1.03. The molecule has 0 spiro atoms. The fraction of sp³-hybridized carbons (Fsp3) is 0.476. The van der Waals surface area contributed by atoms with Gasteiger partial charge in [0.15, 0.2) is 0 Å². The lowest BCUT2D eigenvalue weighted by Gasteiger charge is -2.60. The third kappa shape index (κ3) is 7.16. The standard InChI is InChI=1S/C42H52N2O7/c1-4-20-44(41(48)31-17-16-28-12-6-7-13-29(28)24-31)38-27-36(43-49-3)34-25-30(14-8-10-21-45)33(15-9-11-22-46)39-35-26-32(47)18-19-37(35)51-42(38,40(34)39)50-23-5-2/h5-7,12-13,16-19,24-26,30,33,38-40,45-47H,2,4,8-11,14-15,20-23,27H2,1,3H3. The Kier molecular flexibility index (Phi) is 11.8. The van der Waals surface area contributed by atoms with Crippen molar-refractivity contribution < 1.29 is 34.4 Å². The van der Waals surface area contributed by atoms with Crippen LogP contribution in [0, 0.1) is 17.8 Å². The molecule has 3 aromatic rings. The zero-order valence-corrected chi connectivity index (χ0v) is 29.9. The Morgan fingerprint density at radius 2 is 1.80 bits per heavy atom. The van der Waals surface area contributed by atoms with Crippen molar-refractivity contribution in [1.29, 1.82) is 0 Å². The Balaban J connectivity index is 1.57. The van der Waals surface area contributed by atoms with Crippen molar-refractivity contribution in [3.8, 4) is 11.5 Å². The quantitative estimate of drug-likeness (QED) is 0.0813. The van der Waals surface area contributed by atoms with Crippen molar-refractivity contribution in [1.82, 2.24) is 4.90 Å². The lowest BCUT2D eigenvalue weighted by atomic mass is 9.55. The second kappa shape index (κ2) is 16.4. The summed E-state index contributed by atoms with van der Waals surface area (Å²) in [5.41, 5.74) is 3.19. The number of hydrogen-bond donors (Lipinski definition) is 3. The van der Waals surface area contributed by atoms with Crippen LogP contribution in [0.1, 0.15) is 80.1 Å². The fourth-order valence-corrected chi connectivity index (χ4v) is 8.90. The van der Waals surface area contributed by atoms with E-state index in [4.69, 9.17) is 14.3 Å². The number of carbonyl (C=O) groups is 1. The largest absolute Gasteiger partial charge is 0.508 e. The molecule has 0 aromatic heterocycles. The highest BCUT2D eigenvalue weighted by atomic mass is 16.7. The van der Waals surface area contributed by atoms with E-state index in [2.05, 4.69) is 24.7 Å². The van der Waals surface area contributed by atoms with Gasteiger partial charge in [-0.2, -0.15) is 0 Å². The van der Waals surface area contributed by atoms with Crippen LogP contribution >= 0.6 is 0 Å².